The molecule has 1 aliphatic heterocycles. The molecule has 1 saturated heterocycles. The second-order valence-corrected chi connectivity index (χ2v) is 6.15. The fourth-order valence-corrected chi connectivity index (χ4v) is 2.78. The van der Waals surface area contributed by atoms with Gasteiger partial charge in [0.25, 0.3) is 0 Å². The third kappa shape index (κ3) is 4.14. The molecule has 2 atom stereocenters. The number of urea groups is 1. The van der Waals surface area contributed by atoms with E-state index in [2.05, 4.69) is 15.5 Å². The van der Waals surface area contributed by atoms with Crippen LogP contribution >= 0.6 is 0 Å². The average molecular weight is 344 g/mol. The van der Waals surface area contributed by atoms with Gasteiger partial charge in [0, 0.05) is 19.5 Å². The van der Waals surface area contributed by atoms with Crippen molar-refractivity contribution in [2.24, 2.45) is 5.92 Å². The lowest BCUT2D eigenvalue weighted by atomic mass is 10.1. The van der Waals surface area contributed by atoms with Crippen LogP contribution in [0, 0.1) is 5.92 Å². The zero-order chi connectivity index (χ0) is 17.8. The number of likely N-dealkylation sites (tertiary alicyclic amines) is 1. The van der Waals surface area contributed by atoms with E-state index in [1.807, 2.05) is 30.3 Å². The summed E-state index contributed by atoms with van der Waals surface area (Å²) in [6.07, 6.45) is 1.02. The minimum atomic E-state index is -0.870. The third-order valence-electron chi connectivity index (χ3n) is 4.22. The number of rotatable bonds is 5. The molecule has 0 bridgehead atoms. The van der Waals surface area contributed by atoms with E-state index in [1.54, 1.807) is 6.92 Å². The molecule has 3 rings (SSSR count). The zero-order valence-electron chi connectivity index (χ0n) is 13.9. The number of benzene rings is 1. The first-order valence-corrected chi connectivity index (χ1v) is 8.17. The highest BCUT2D eigenvalue weighted by Gasteiger charge is 2.31. The van der Waals surface area contributed by atoms with Gasteiger partial charge in [-0.2, -0.15) is 4.98 Å². The monoisotopic (exact) mass is 344 g/mol. The van der Waals surface area contributed by atoms with Gasteiger partial charge in [-0.1, -0.05) is 35.5 Å². The summed E-state index contributed by atoms with van der Waals surface area (Å²) in [6, 6.07) is 9.02. The number of amides is 2. The fourth-order valence-electron chi connectivity index (χ4n) is 2.78. The van der Waals surface area contributed by atoms with Crippen LogP contribution in [0.5, 0.6) is 0 Å². The number of aliphatic carboxylic acids is 1. The first-order valence-electron chi connectivity index (χ1n) is 8.17. The molecule has 1 aromatic carbocycles. The van der Waals surface area contributed by atoms with E-state index >= 15 is 0 Å². The molecule has 0 spiro atoms. The molecule has 0 aliphatic carbocycles. The van der Waals surface area contributed by atoms with Crippen LogP contribution in [0.3, 0.4) is 0 Å². The Balaban J connectivity index is 1.56. The number of nitrogens with one attached hydrogen (secondary N) is 1. The summed E-state index contributed by atoms with van der Waals surface area (Å²) in [5.41, 5.74) is 1.07. The lowest BCUT2D eigenvalue weighted by Crippen LogP contribution is -2.40. The van der Waals surface area contributed by atoms with Crippen LogP contribution in [-0.4, -0.2) is 45.2 Å². The zero-order valence-corrected chi connectivity index (χ0v) is 13.9. The molecule has 132 valence electrons. The molecule has 1 fully saturated rings. The smallest absolute Gasteiger partial charge is 0.318 e. The van der Waals surface area contributed by atoms with Crippen LogP contribution in [0.25, 0.3) is 0 Å². The first kappa shape index (κ1) is 16.9. The molecule has 0 saturated carbocycles. The highest BCUT2D eigenvalue weighted by atomic mass is 16.5. The van der Waals surface area contributed by atoms with Crippen molar-refractivity contribution in [1.29, 1.82) is 0 Å². The Morgan fingerprint density at radius 1 is 1.40 bits per heavy atom. The van der Waals surface area contributed by atoms with Gasteiger partial charge in [0.1, 0.15) is 6.04 Å². The Morgan fingerprint density at radius 2 is 2.16 bits per heavy atom. The van der Waals surface area contributed by atoms with Crippen LogP contribution in [0.2, 0.25) is 0 Å². The molecule has 1 aliphatic rings. The molecule has 8 heteroatoms. The molecule has 0 radical (unpaired) electrons. The van der Waals surface area contributed by atoms with Crippen LogP contribution in [0.15, 0.2) is 34.9 Å². The summed E-state index contributed by atoms with van der Waals surface area (Å²) in [5, 5.41) is 15.7. The number of hydrogen-bond acceptors (Lipinski definition) is 5. The van der Waals surface area contributed by atoms with E-state index in [0.717, 1.165) is 5.56 Å². The van der Waals surface area contributed by atoms with E-state index < -0.39 is 17.9 Å². The standard InChI is InChI=1S/C17H20N4O4/c1-11(18-17(24)21-8-7-13(10-21)16(22)23)15-19-14(20-25-15)9-12-5-3-2-4-6-12/h2-6,11,13H,7-10H2,1H3,(H,18,24)(H,22,23). The highest BCUT2D eigenvalue weighted by Crippen LogP contribution is 2.18. The average Bonchev–Trinajstić information content (AvgIpc) is 3.25. The van der Waals surface area contributed by atoms with Crippen molar-refractivity contribution in [1.82, 2.24) is 20.4 Å². The van der Waals surface area contributed by atoms with Gasteiger partial charge in [-0.15, -0.1) is 0 Å². The Kier molecular flexibility index (Phi) is 4.97. The largest absolute Gasteiger partial charge is 0.481 e. The molecule has 2 aromatic rings. The summed E-state index contributed by atoms with van der Waals surface area (Å²) in [6.45, 7) is 2.40. The number of carbonyl (C=O) groups excluding carboxylic acids is 1. The number of carbonyl (C=O) groups is 2. The normalized spacial score (nSPS) is 18.1. The summed E-state index contributed by atoms with van der Waals surface area (Å²) >= 11 is 0. The summed E-state index contributed by atoms with van der Waals surface area (Å²) < 4.78 is 5.23. The van der Waals surface area contributed by atoms with E-state index in [9.17, 15) is 9.59 Å². The van der Waals surface area contributed by atoms with Gasteiger partial charge in [-0.3, -0.25) is 4.79 Å². The van der Waals surface area contributed by atoms with E-state index in [1.165, 1.54) is 4.90 Å². The Morgan fingerprint density at radius 3 is 2.84 bits per heavy atom. The number of aromatic nitrogens is 2. The van der Waals surface area contributed by atoms with E-state index in [-0.39, 0.29) is 12.6 Å². The Labute approximate surface area is 144 Å². The van der Waals surface area contributed by atoms with Crippen molar-refractivity contribution in [2.75, 3.05) is 13.1 Å². The van der Waals surface area contributed by atoms with E-state index in [0.29, 0.717) is 31.1 Å². The fraction of sp³-hybridized carbons (Fsp3) is 0.412. The number of hydrogen-bond donors (Lipinski definition) is 2. The van der Waals surface area contributed by atoms with E-state index in [4.69, 9.17) is 9.63 Å². The predicted octanol–water partition coefficient (Wildman–Crippen LogP) is 1.84. The molecule has 2 amide bonds. The minimum Gasteiger partial charge on any atom is -0.481 e. The summed E-state index contributed by atoms with van der Waals surface area (Å²) in [7, 11) is 0. The maximum absolute atomic E-state index is 12.2. The maximum atomic E-state index is 12.2. The third-order valence-corrected chi connectivity index (χ3v) is 4.22. The molecular weight excluding hydrogens is 324 g/mol. The van der Waals surface area contributed by atoms with Crippen molar-refractivity contribution in [2.45, 2.75) is 25.8 Å². The quantitative estimate of drug-likeness (QED) is 0.857. The molecule has 1 aromatic heterocycles. The number of carboxylic acid groups (broad SMARTS) is 1. The molecule has 25 heavy (non-hydrogen) atoms. The maximum Gasteiger partial charge on any atom is 0.318 e. The lowest BCUT2D eigenvalue weighted by Gasteiger charge is -2.18. The molecule has 2 N–H and O–H groups in total. The topological polar surface area (TPSA) is 109 Å². The van der Waals surface area contributed by atoms with Gasteiger partial charge in [0.15, 0.2) is 5.82 Å². The van der Waals surface area contributed by atoms with Gasteiger partial charge < -0.3 is 19.8 Å². The predicted molar refractivity (Wildman–Crippen MR) is 87.8 cm³/mol. The van der Waals surface area contributed by atoms with Gasteiger partial charge in [0.2, 0.25) is 5.89 Å². The van der Waals surface area contributed by atoms with Gasteiger partial charge in [-0.05, 0) is 18.9 Å². The van der Waals surface area contributed by atoms with Crippen molar-refractivity contribution >= 4 is 12.0 Å². The highest BCUT2D eigenvalue weighted by molar-refractivity contribution is 5.77. The van der Waals surface area contributed by atoms with Crippen LogP contribution in [0.1, 0.15) is 36.7 Å². The SMILES string of the molecule is CC(NC(=O)N1CCC(C(=O)O)C1)c1nc(Cc2ccccc2)no1. The Hall–Kier alpha value is -2.90. The summed E-state index contributed by atoms with van der Waals surface area (Å²) in [5.74, 6) is -0.490. The second kappa shape index (κ2) is 7.33. The van der Waals surface area contributed by atoms with Crippen LogP contribution < -0.4 is 5.32 Å². The molecule has 8 nitrogen and oxygen atoms in total. The molecular formula is C17H20N4O4. The van der Waals surface area contributed by atoms with Crippen molar-refractivity contribution in [3.63, 3.8) is 0 Å². The van der Waals surface area contributed by atoms with Gasteiger partial charge >= 0.3 is 12.0 Å². The Bertz CT molecular complexity index is 746. The van der Waals surface area contributed by atoms with Gasteiger partial charge in [-0.25, -0.2) is 4.79 Å². The van der Waals surface area contributed by atoms with Crippen molar-refractivity contribution in [3.8, 4) is 0 Å². The number of nitrogens with zero attached hydrogens (tertiary/aromatic N) is 3. The summed E-state index contributed by atoms with van der Waals surface area (Å²) in [4.78, 5) is 29.0. The van der Waals surface area contributed by atoms with Crippen molar-refractivity contribution < 1.29 is 19.2 Å². The van der Waals surface area contributed by atoms with Crippen LogP contribution in [-0.2, 0) is 11.2 Å². The molecule has 2 heterocycles. The molecule has 2 unspecified atom stereocenters. The second-order valence-electron chi connectivity index (χ2n) is 6.15. The lowest BCUT2D eigenvalue weighted by molar-refractivity contribution is -0.141. The minimum absolute atomic E-state index is 0.219. The van der Waals surface area contributed by atoms with Crippen LogP contribution in [0.4, 0.5) is 4.79 Å². The number of carboxylic acids is 1. The van der Waals surface area contributed by atoms with Crippen molar-refractivity contribution in [3.05, 3.63) is 47.6 Å². The van der Waals surface area contributed by atoms with Gasteiger partial charge in [0.05, 0.1) is 5.92 Å². The first-order chi connectivity index (χ1) is 12.0.